The van der Waals surface area contributed by atoms with Gasteiger partial charge in [0.25, 0.3) is 0 Å². The van der Waals surface area contributed by atoms with E-state index >= 15 is 0 Å². The quantitative estimate of drug-likeness (QED) is 0.772. The molecular formula is C16H21N. The molecule has 0 aliphatic carbocycles. The van der Waals surface area contributed by atoms with Gasteiger partial charge >= 0.3 is 0 Å². The van der Waals surface area contributed by atoms with Crippen LogP contribution in [0.25, 0.3) is 0 Å². The van der Waals surface area contributed by atoms with E-state index in [-0.39, 0.29) is 0 Å². The van der Waals surface area contributed by atoms with Crippen molar-refractivity contribution in [3.05, 3.63) is 60.2 Å². The second-order valence-corrected chi connectivity index (χ2v) is 4.56. The maximum atomic E-state index is 3.47. The first-order valence-electron chi connectivity index (χ1n) is 6.56. The van der Waals surface area contributed by atoms with E-state index in [0.29, 0.717) is 5.92 Å². The van der Waals surface area contributed by atoms with E-state index in [1.165, 1.54) is 31.4 Å². The molecule has 0 saturated carbocycles. The SMILES string of the molecule is c1ccccc(C2CCCNCC2)cccc1. The van der Waals surface area contributed by atoms with Crippen molar-refractivity contribution < 1.29 is 0 Å². The zero-order chi connectivity index (χ0) is 11.8. The molecule has 0 spiro atoms. The van der Waals surface area contributed by atoms with E-state index in [1.54, 1.807) is 0 Å². The summed E-state index contributed by atoms with van der Waals surface area (Å²) in [6.45, 7) is 2.32. The van der Waals surface area contributed by atoms with Gasteiger partial charge in [-0.05, 0) is 43.8 Å². The summed E-state index contributed by atoms with van der Waals surface area (Å²) >= 11 is 0. The van der Waals surface area contributed by atoms with Crippen LogP contribution in [0.4, 0.5) is 0 Å². The fourth-order valence-electron chi connectivity index (χ4n) is 2.33. The molecule has 1 atom stereocenters. The van der Waals surface area contributed by atoms with Crippen molar-refractivity contribution in [2.24, 2.45) is 0 Å². The number of hydrogen-bond acceptors (Lipinski definition) is 1. The molecule has 1 aliphatic heterocycles. The molecule has 1 fully saturated rings. The lowest BCUT2D eigenvalue weighted by Crippen LogP contribution is -2.13. The third kappa shape index (κ3) is 4.20. The summed E-state index contributed by atoms with van der Waals surface area (Å²) in [5, 5.41) is 3.47. The lowest BCUT2D eigenvalue weighted by molar-refractivity contribution is 0.610. The molecule has 1 heteroatoms. The molecule has 1 aliphatic rings. The van der Waals surface area contributed by atoms with Gasteiger partial charge in [0, 0.05) is 0 Å². The Kier molecular flexibility index (Phi) is 5.05. The van der Waals surface area contributed by atoms with E-state index in [9.17, 15) is 0 Å². The Morgan fingerprint density at radius 2 is 1.41 bits per heavy atom. The highest BCUT2D eigenvalue weighted by atomic mass is 14.8. The average Bonchev–Trinajstić information content (AvgIpc) is 2.64. The van der Waals surface area contributed by atoms with Gasteiger partial charge in [0.2, 0.25) is 0 Å². The van der Waals surface area contributed by atoms with Crippen LogP contribution < -0.4 is 5.32 Å². The summed E-state index contributed by atoms with van der Waals surface area (Å²) in [7, 11) is 0. The predicted octanol–water partition coefficient (Wildman–Crippen LogP) is 3.67. The molecule has 90 valence electrons. The highest BCUT2D eigenvalue weighted by Gasteiger charge is 2.12. The largest absolute Gasteiger partial charge is 0.317 e. The smallest absolute Gasteiger partial charge is 0.00431 e. The van der Waals surface area contributed by atoms with Crippen LogP contribution in [0.2, 0.25) is 0 Å². The number of rotatable bonds is 1. The van der Waals surface area contributed by atoms with Gasteiger partial charge < -0.3 is 5.32 Å². The van der Waals surface area contributed by atoms with Crippen molar-refractivity contribution in [1.82, 2.24) is 5.32 Å². The molecule has 1 unspecified atom stereocenters. The third-order valence-corrected chi connectivity index (χ3v) is 3.29. The van der Waals surface area contributed by atoms with Crippen LogP contribution >= 0.6 is 0 Å². The minimum atomic E-state index is 0.711. The molecule has 1 nitrogen and oxygen atoms in total. The fraction of sp³-hybridized carbons (Fsp3) is 0.375. The number of hydrogen-bond donors (Lipinski definition) is 1. The zero-order valence-electron chi connectivity index (χ0n) is 10.3. The van der Waals surface area contributed by atoms with Crippen molar-refractivity contribution in [3.8, 4) is 0 Å². The second-order valence-electron chi connectivity index (χ2n) is 4.56. The van der Waals surface area contributed by atoms with Gasteiger partial charge in [-0.1, -0.05) is 54.6 Å². The van der Waals surface area contributed by atoms with Gasteiger partial charge in [0.15, 0.2) is 0 Å². The summed E-state index contributed by atoms with van der Waals surface area (Å²) in [5.74, 6) is 0.711. The van der Waals surface area contributed by atoms with E-state index < -0.39 is 0 Å². The van der Waals surface area contributed by atoms with E-state index in [2.05, 4.69) is 59.9 Å². The van der Waals surface area contributed by atoms with E-state index in [4.69, 9.17) is 0 Å². The van der Waals surface area contributed by atoms with Gasteiger partial charge in [-0.2, -0.15) is 0 Å². The highest BCUT2D eigenvalue weighted by Crippen LogP contribution is 2.24. The minimum absolute atomic E-state index is 0.711. The van der Waals surface area contributed by atoms with Crippen molar-refractivity contribution >= 4 is 0 Å². The molecule has 0 bridgehead atoms. The normalized spacial score (nSPS) is 20.1. The van der Waals surface area contributed by atoms with Gasteiger partial charge in [-0.3, -0.25) is 0 Å². The van der Waals surface area contributed by atoms with Crippen LogP contribution in [0.3, 0.4) is 0 Å². The first-order chi connectivity index (χ1) is 8.47. The molecule has 1 saturated heterocycles. The summed E-state index contributed by atoms with van der Waals surface area (Å²) in [5.41, 5.74) is 1.46. The number of nitrogens with one attached hydrogen (secondary N) is 1. The lowest BCUT2D eigenvalue weighted by Gasteiger charge is -2.12. The van der Waals surface area contributed by atoms with Crippen LogP contribution in [0.1, 0.15) is 30.7 Å². The first kappa shape index (κ1) is 12.1. The Bertz CT molecular complexity index is 352. The van der Waals surface area contributed by atoms with Crippen LogP contribution in [0.15, 0.2) is 54.6 Å². The van der Waals surface area contributed by atoms with E-state index in [0.717, 1.165) is 6.54 Å². The first-order valence-corrected chi connectivity index (χ1v) is 6.56. The topological polar surface area (TPSA) is 12.0 Å². The van der Waals surface area contributed by atoms with Gasteiger partial charge in [0.1, 0.15) is 0 Å². The second kappa shape index (κ2) is 7.08. The highest BCUT2D eigenvalue weighted by molar-refractivity contribution is 5.17. The van der Waals surface area contributed by atoms with Gasteiger partial charge in [-0.15, -0.1) is 0 Å². The maximum absolute atomic E-state index is 3.47. The Labute approximate surface area is 104 Å². The van der Waals surface area contributed by atoms with E-state index in [1.807, 2.05) is 0 Å². The summed E-state index contributed by atoms with van der Waals surface area (Å²) < 4.78 is 0. The predicted molar refractivity (Wildman–Crippen MR) is 73.5 cm³/mol. The minimum Gasteiger partial charge on any atom is -0.317 e. The molecule has 0 amide bonds. The summed E-state index contributed by atoms with van der Waals surface area (Å²) in [6, 6.07) is 19.2. The lowest BCUT2D eigenvalue weighted by atomic mass is 9.93. The molecule has 0 radical (unpaired) electrons. The third-order valence-electron chi connectivity index (χ3n) is 3.29. The van der Waals surface area contributed by atoms with Crippen molar-refractivity contribution in [2.75, 3.05) is 13.1 Å². The molecule has 17 heavy (non-hydrogen) atoms. The van der Waals surface area contributed by atoms with Gasteiger partial charge in [-0.25, -0.2) is 0 Å². The standard InChI is InChI=1S/C16H21N/c1-2-4-6-9-15(10-7-5-3-1)16-11-8-13-17-14-12-16/h1-7,9-10,16-17H,8,11-14H2. The van der Waals surface area contributed by atoms with Crippen LogP contribution in [-0.4, -0.2) is 13.1 Å². The van der Waals surface area contributed by atoms with Gasteiger partial charge in [0.05, 0.1) is 0 Å². The molecule has 1 aromatic rings. The van der Waals surface area contributed by atoms with Crippen LogP contribution in [0.5, 0.6) is 0 Å². The Balaban J connectivity index is 2.23. The Morgan fingerprint density at radius 3 is 2.12 bits per heavy atom. The van der Waals surface area contributed by atoms with Crippen LogP contribution in [-0.2, 0) is 0 Å². The van der Waals surface area contributed by atoms with Crippen molar-refractivity contribution in [2.45, 2.75) is 25.2 Å². The van der Waals surface area contributed by atoms with Crippen molar-refractivity contribution in [3.63, 3.8) is 0 Å². The molecular weight excluding hydrogens is 206 g/mol. The molecule has 1 N–H and O–H groups in total. The molecule has 2 rings (SSSR count). The molecule has 0 aromatic heterocycles. The Hall–Kier alpha value is -1.34. The fourth-order valence-corrected chi connectivity index (χ4v) is 2.33. The molecule has 1 heterocycles. The average molecular weight is 227 g/mol. The maximum Gasteiger partial charge on any atom is -0.00431 e. The summed E-state index contributed by atoms with van der Waals surface area (Å²) in [6.07, 6.45) is 3.84. The monoisotopic (exact) mass is 227 g/mol. The summed E-state index contributed by atoms with van der Waals surface area (Å²) in [4.78, 5) is 0. The zero-order valence-corrected chi connectivity index (χ0v) is 10.3. The Morgan fingerprint density at radius 1 is 0.765 bits per heavy atom. The van der Waals surface area contributed by atoms with Crippen molar-refractivity contribution in [1.29, 1.82) is 0 Å². The molecule has 1 aromatic carbocycles. The van der Waals surface area contributed by atoms with Crippen LogP contribution in [0, 0.1) is 0 Å².